The average molecular weight is 303 g/mol. The Labute approximate surface area is 127 Å². The third-order valence-corrected chi connectivity index (χ3v) is 4.02. The predicted octanol–water partition coefficient (Wildman–Crippen LogP) is 2.66. The molecule has 3 rings (SSSR count). The number of aromatic nitrogens is 2. The van der Waals surface area contributed by atoms with Gasteiger partial charge in [0.2, 0.25) is 5.91 Å². The second-order valence-corrected chi connectivity index (χ2v) is 5.89. The lowest BCUT2D eigenvalue weighted by molar-refractivity contribution is -0.122. The molecule has 2 aromatic rings. The largest absolute Gasteiger partial charge is 0.354 e. The van der Waals surface area contributed by atoms with Gasteiger partial charge in [-0.2, -0.15) is 5.26 Å². The number of para-hydroxylation sites is 1. The van der Waals surface area contributed by atoms with Crippen LogP contribution in [0.4, 0.5) is 0 Å². The van der Waals surface area contributed by atoms with Gasteiger partial charge in [-0.3, -0.25) is 4.79 Å². The van der Waals surface area contributed by atoms with Crippen LogP contribution in [0, 0.1) is 11.3 Å². The van der Waals surface area contributed by atoms with Crippen LogP contribution < -0.4 is 5.32 Å². The Hall–Kier alpha value is -2.06. The third-order valence-electron chi connectivity index (χ3n) is 3.83. The number of alkyl halides is 1. The van der Waals surface area contributed by atoms with E-state index >= 15 is 0 Å². The molecule has 21 heavy (non-hydrogen) atoms. The van der Waals surface area contributed by atoms with Crippen molar-refractivity contribution in [1.29, 1.82) is 5.26 Å². The quantitative estimate of drug-likeness (QED) is 0.867. The lowest BCUT2D eigenvalue weighted by Crippen LogP contribution is -2.36. The molecular weight excluding hydrogens is 288 g/mol. The molecule has 1 aromatic carbocycles. The fourth-order valence-electron chi connectivity index (χ4n) is 2.83. The van der Waals surface area contributed by atoms with Gasteiger partial charge in [-0.25, -0.2) is 4.98 Å². The lowest BCUT2D eigenvalue weighted by atomic mass is 10.1. The number of halogens is 1. The van der Waals surface area contributed by atoms with Crippen molar-refractivity contribution in [2.75, 3.05) is 6.54 Å². The van der Waals surface area contributed by atoms with E-state index in [0.717, 1.165) is 17.8 Å². The molecule has 1 amide bonds. The number of imidazole rings is 1. The maximum atomic E-state index is 11.4. The number of nitrogens with one attached hydrogen (secondary N) is 1. The fraction of sp³-hybridized carbons (Fsp3) is 0.400. The Morgan fingerprint density at radius 3 is 3.00 bits per heavy atom. The van der Waals surface area contributed by atoms with Crippen LogP contribution in [0.2, 0.25) is 0 Å². The van der Waals surface area contributed by atoms with E-state index < -0.39 is 0 Å². The van der Waals surface area contributed by atoms with Crippen LogP contribution in [-0.4, -0.2) is 22.0 Å². The summed E-state index contributed by atoms with van der Waals surface area (Å²) in [6.45, 7) is 2.43. The maximum absolute atomic E-state index is 11.4. The molecule has 2 heterocycles. The van der Waals surface area contributed by atoms with Crippen molar-refractivity contribution in [3.63, 3.8) is 0 Å². The number of carbonyl (C=O) groups excluding carboxylic acids is 1. The summed E-state index contributed by atoms with van der Waals surface area (Å²) in [5.74, 6) is 0.823. The van der Waals surface area contributed by atoms with Gasteiger partial charge in [-0.15, -0.1) is 11.6 Å². The average Bonchev–Trinajstić information content (AvgIpc) is 2.87. The molecule has 2 atom stereocenters. The van der Waals surface area contributed by atoms with Gasteiger partial charge >= 0.3 is 0 Å². The van der Waals surface area contributed by atoms with Crippen molar-refractivity contribution in [3.05, 3.63) is 29.6 Å². The first kappa shape index (κ1) is 13.9. The molecule has 108 valence electrons. The summed E-state index contributed by atoms with van der Waals surface area (Å²) in [6.07, 6.45) is 1.25. The van der Waals surface area contributed by atoms with Gasteiger partial charge in [0, 0.05) is 13.0 Å². The Bertz CT molecular complexity index is 734. The van der Waals surface area contributed by atoms with Gasteiger partial charge in [-0.05, 0) is 25.5 Å². The van der Waals surface area contributed by atoms with E-state index in [1.165, 1.54) is 0 Å². The highest BCUT2D eigenvalue weighted by Crippen LogP contribution is 2.31. The first-order valence-corrected chi connectivity index (χ1v) is 7.37. The highest BCUT2D eigenvalue weighted by atomic mass is 35.5. The summed E-state index contributed by atoms with van der Waals surface area (Å²) in [7, 11) is 0. The number of fused-ring (bicyclic) bond motifs is 1. The smallest absolute Gasteiger partial charge is 0.220 e. The molecule has 0 radical (unpaired) electrons. The molecule has 0 spiro atoms. The second kappa shape index (κ2) is 5.38. The number of rotatable bonds is 2. The van der Waals surface area contributed by atoms with Gasteiger partial charge in [0.05, 0.1) is 22.5 Å². The number of hydrogen-bond donors (Lipinski definition) is 1. The van der Waals surface area contributed by atoms with Crippen LogP contribution in [0.25, 0.3) is 11.0 Å². The molecule has 1 N–H and O–H groups in total. The molecule has 1 aliphatic heterocycles. The number of hydrogen-bond acceptors (Lipinski definition) is 3. The number of nitriles is 1. The van der Waals surface area contributed by atoms with E-state index in [-0.39, 0.29) is 17.3 Å². The third kappa shape index (κ3) is 2.36. The second-order valence-electron chi connectivity index (χ2n) is 5.24. The van der Waals surface area contributed by atoms with Crippen molar-refractivity contribution in [3.8, 4) is 6.07 Å². The number of amides is 1. The summed E-state index contributed by atoms with van der Waals surface area (Å²) in [4.78, 5) is 15.9. The minimum absolute atomic E-state index is 0.0776. The predicted molar refractivity (Wildman–Crippen MR) is 80.0 cm³/mol. The monoisotopic (exact) mass is 302 g/mol. The Morgan fingerprint density at radius 2 is 2.38 bits per heavy atom. The molecular formula is C15H15ClN4O. The molecule has 5 nitrogen and oxygen atoms in total. The summed E-state index contributed by atoms with van der Waals surface area (Å²) >= 11 is 6.27. The van der Waals surface area contributed by atoms with E-state index in [9.17, 15) is 10.1 Å². The van der Waals surface area contributed by atoms with Crippen LogP contribution >= 0.6 is 11.6 Å². The summed E-state index contributed by atoms with van der Waals surface area (Å²) < 4.78 is 2.08. The van der Waals surface area contributed by atoms with E-state index in [4.69, 9.17) is 11.6 Å². The SMILES string of the molecule is CC(Cl)c1nc2c(C#N)cccc2n1C1CCC(=O)NC1. The first-order valence-electron chi connectivity index (χ1n) is 6.93. The molecule has 1 aliphatic rings. The zero-order chi connectivity index (χ0) is 15.0. The molecule has 1 saturated heterocycles. The van der Waals surface area contributed by atoms with E-state index in [1.54, 1.807) is 6.07 Å². The van der Waals surface area contributed by atoms with Crippen LogP contribution in [0.15, 0.2) is 18.2 Å². The highest BCUT2D eigenvalue weighted by molar-refractivity contribution is 6.20. The molecule has 0 bridgehead atoms. The standard InChI is InChI=1S/C15H15ClN4O/c1-9(16)15-19-14-10(7-17)3-2-4-12(14)20(15)11-5-6-13(21)18-8-11/h2-4,9,11H,5-6,8H2,1H3,(H,18,21). The molecule has 1 aromatic heterocycles. The molecule has 2 unspecified atom stereocenters. The van der Waals surface area contributed by atoms with Gasteiger partial charge in [0.1, 0.15) is 17.4 Å². The van der Waals surface area contributed by atoms with Crippen molar-refractivity contribution in [2.45, 2.75) is 31.2 Å². The minimum atomic E-state index is -0.262. The van der Waals surface area contributed by atoms with Crippen molar-refractivity contribution < 1.29 is 4.79 Å². The van der Waals surface area contributed by atoms with Crippen LogP contribution in [0.5, 0.6) is 0 Å². The van der Waals surface area contributed by atoms with Crippen LogP contribution in [-0.2, 0) is 4.79 Å². The Kier molecular flexibility index (Phi) is 3.56. The van der Waals surface area contributed by atoms with Crippen molar-refractivity contribution >= 4 is 28.5 Å². The van der Waals surface area contributed by atoms with Gasteiger partial charge in [0.15, 0.2) is 0 Å². The molecule has 0 saturated carbocycles. The molecule has 0 aliphatic carbocycles. The lowest BCUT2D eigenvalue weighted by Gasteiger charge is -2.26. The van der Waals surface area contributed by atoms with E-state index in [2.05, 4.69) is 20.9 Å². The van der Waals surface area contributed by atoms with Crippen LogP contribution in [0.3, 0.4) is 0 Å². The topological polar surface area (TPSA) is 70.7 Å². The maximum Gasteiger partial charge on any atom is 0.220 e. The Balaban J connectivity index is 2.17. The molecule has 6 heteroatoms. The van der Waals surface area contributed by atoms with E-state index in [0.29, 0.717) is 24.0 Å². The van der Waals surface area contributed by atoms with E-state index in [1.807, 2.05) is 19.1 Å². The van der Waals surface area contributed by atoms with Gasteiger partial charge < -0.3 is 9.88 Å². The fourth-order valence-corrected chi connectivity index (χ4v) is 2.98. The highest BCUT2D eigenvalue weighted by Gasteiger charge is 2.26. The normalized spacial score (nSPS) is 20.0. The number of piperidine rings is 1. The first-order chi connectivity index (χ1) is 10.1. The van der Waals surface area contributed by atoms with Crippen molar-refractivity contribution in [2.24, 2.45) is 0 Å². The zero-order valence-corrected chi connectivity index (χ0v) is 12.4. The summed E-state index contributed by atoms with van der Waals surface area (Å²) in [5, 5.41) is 11.9. The van der Waals surface area contributed by atoms with Gasteiger partial charge in [-0.1, -0.05) is 6.07 Å². The Morgan fingerprint density at radius 1 is 1.57 bits per heavy atom. The van der Waals surface area contributed by atoms with Gasteiger partial charge in [0.25, 0.3) is 0 Å². The molecule has 1 fully saturated rings. The van der Waals surface area contributed by atoms with Crippen LogP contribution in [0.1, 0.15) is 42.6 Å². The number of nitrogens with zero attached hydrogens (tertiary/aromatic N) is 3. The number of carbonyl (C=O) groups is 1. The summed E-state index contributed by atoms with van der Waals surface area (Å²) in [6, 6.07) is 7.85. The minimum Gasteiger partial charge on any atom is -0.354 e. The van der Waals surface area contributed by atoms with Crippen molar-refractivity contribution in [1.82, 2.24) is 14.9 Å². The number of benzene rings is 1. The summed E-state index contributed by atoms with van der Waals surface area (Å²) in [5.41, 5.74) is 2.13. The zero-order valence-electron chi connectivity index (χ0n) is 11.6.